The van der Waals surface area contributed by atoms with Crippen molar-refractivity contribution in [2.24, 2.45) is 5.92 Å². The van der Waals surface area contributed by atoms with Gasteiger partial charge in [0.2, 0.25) is 0 Å². The number of Topliss-reactive ketones (excluding diaryl/α,β-unsaturated/α-hetero) is 1. The highest BCUT2D eigenvalue weighted by atomic mass is 35.5. The number of carboxylic acid groups (broad SMARTS) is 1. The van der Waals surface area contributed by atoms with Crippen LogP contribution in [0.15, 0.2) is 18.2 Å². The largest absolute Gasteiger partial charge is 0.481 e. The summed E-state index contributed by atoms with van der Waals surface area (Å²) in [5, 5.41) is 8.59. The minimum atomic E-state index is -0.786. The van der Waals surface area contributed by atoms with Crippen molar-refractivity contribution in [1.29, 1.82) is 0 Å². The summed E-state index contributed by atoms with van der Waals surface area (Å²) in [7, 11) is 0. The van der Waals surface area contributed by atoms with Crippen LogP contribution < -0.4 is 0 Å². The summed E-state index contributed by atoms with van der Waals surface area (Å²) in [6.45, 7) is 2.25. The number of piperidine rings is 1. The molecule has 24 heavy (non-hydrogen) atoms. The van der Waals surface area contributed by atoms with Gasteiger partial charge in [0.15, 0.2) is 5.78 Å². The number of benzene rings is 1. The average Bonchev–Trinajstić information content (AvgIpc) is 2.53. The van der Waals surface area contributed by atoms with E-state index in [1.54, 1.807) is 0 Å². The quantitative estimate of drug-likeness (QED) is 0.596. The fourth-order valence-corrected chi connectivity index (χ4v) is 2.94. The predicted octanol–water partition coefficient (Wildman–Crippen LogP) is 3.54. The SMILES string of the molecule is Cl.O=C(O)CCCCN1CCC(C(=O)c2cc(F)ccc2F)CC1. The Kier molecular flexibility index (Phi) is 8.28. The molecule has 0 aliphatic carbocycles. The Balaban J connectivity index is 0.00000288. The molecule has 0 bridgehead atoms. The molecule has 0 spiro atoms. The number of hydrogen-bond donors (Lipinski definition) is 1. The first-order valence-electron chi connectivity index (χ1n) is 7.91. The van der Waals surface area contributed by atoms with Gasteiger partial charge in [0, 0.05) is 12.3 Å². The summed E-state index contributed by atoms with van der Waals surface area (Å²) in [5.41, 5.74) is -0.162. The molecule has 4 nitrogen and oxygen atoms in total. The molecule has 1 heterocycles. The summed E-state index contributed by atoms with van der Waals surface area (Å²) in [4.78, 5) is 25.0. The Morgan fingerprint density at radius 3 is 2.46 bits per heavy atom. The molecule has 134 valence electrons. The van der Waals surface area contributed by atoms with Gasteiger partial charge in [-0.1, -0.05) is 0 Å². The number of carboxylic acids is 1. The van der Waals surface area contributed by atoms with Gasteiger partial charge in [-0.2, -0.15) is 0 Å². The van der Waals surface area contributed by atoms with Crippen LogP contribution in [0.2, 0.25) is 0 Å². The maximum absolute atomic E-state index is 13.7. The molecule has 0 unspecified atom stereocenters. The zero-order valence-corrected chi connectivity index (χ0v) is 14.2. The van der Waals surface area contributed by atoms with E-state index in [2.05, 4.69) is 4.90 Å². The molecule has 0 aromatic heterocycles. The molecular weight excluding hydrogens is 340 g/mol. The van der Waals surface area contributed by atoms with Gasteiger partial charge >= 0.3 is 5.97 Å². The van der Waals surface area contributed by atoms with Crippen molar-refractivity contribution in [1.82, 2.24) is 4.90 Å². The maximum Gasteiger partial charge on any atom is 0.303 e. The number of nitrogens with zero attached hydrogens (tertiary/aromatic N) is 1. The smallest absolute Gasteiger partial charge is 0.303 e. The molecule has 1 aromatic rings. The number of unbranched alkanes of at least 4 members (excludes halogenated alkanes) is 1. The lowest BCUT2D eigenvalue weighted by Gasteiger charge is -2.31. The van der Waals surface area contributed by atoms with Gasteiger partial charge < -0.3 is 10.0 Å². The first-order chi connectivity index (χ1) is 11.0. The second-order valence-corrected chi connectivity index (χ2v) is 5.96. The van der Waals surface area contributed by atoms with Crippen LogP contribution in [0, 0.1) is 17.6 Å². The average molecular weight is 362 g/mol. The molecule has 1 aliphatic heterocycles. The van der Waals surface area contributed by atoms with Crippen molar-refractivity contribution in [2.75, 3.05) is 19.6 Å². The summed E-state index contributed by atoms with van der Waals surface area (Å²) in [6, 6.07) is 2.96. The molecule has 1 fully saturated rings. The third kappa shape index (κ3) is 5.83. The first-order valence-corrected chi connectivity index (χ1v) is 7.91. The molecule has 0 amide bonds. The van der Waals surface area contributed by atoms with Crippen LogP contribution >= 0.6 is 12.4 Å². The number of halogens is 3. The number of ketones is 1. The highest BCUT2D eigenvalue weighted by Crippen LogP contribution is 2.24. The van der Waals surface area contributed by atoms with Gasteiger partial charge in [-0.05, 0) is 63.5 Å². The van der Waals surface area contributed by atoms with Crippen LogP contribution in [0.25, 0.3) is 0 Å². The number of aliphatic carboxylic acids is 1. The zero-order valence-electron chi connectivity index (χ0n) is 13.3. The second-order valence-electron chi connectivity index (χ2n) is 5.96. The summed E-state index contributed by atoms with van der Waals surface area (Å²) < 4.78 is 26.9. The van der Waals surface area contributed by atoms with Gasteiger partial charge in [-0.3, -0.25) is 9.59 Å². The van der Waals surface area contributed by atoms with Crippen molar-refractivity contribution in [3.63, 3.8) is 0 Å². The van der Waals surface area contributed by atoms with Gasteiger partial charge in [0.25, 0.3) is 0 Å². The van der Waals surface area contributed by atoms with Gasteiger partial charge in [0.1, 0.15) is 11.6 Å². The molecule has 1 saturated heterocycles. The molecule has 1 N–H and O–H groups in total. The number of hydrogen-bond acceptors (Lipinski definition) is 3. The summed E-state index contributed by atoms with van der Waals surface area (Å²) in [5.74, 6) is -2.67. The lowest BCUT2D eigenvalue weighted by Crippen LogP contribution is -2.37. The van der Waals surface area contributed by atoms with Crippen LogP contribution in [0.5, 0.6) is 0 Å². The Labute approximate surface area is 146 Å². The first kappa shape index (κ1) is 20.5. The van der Waals surface area contributed by atoms with Crippen molar-refractivity contribution in [3.8, 4) is 0 Å². The lowest BCUT2D eigenvalue weighted by atomic mass is 9.88. The molecule has 0 atom stereocenters. The van der Waals surface area contributed by atoms with E-state index in [1.807, 2.05) is 0 Å². The summed E-state index contributed by atoms with van der Waals surface area (Å²) >= 11 is 0. The van der Waals surface area contributed by atoms with Crippen molar-refractivity contribution in [2.45, 2.75) is 32.1 Å². The van der Waals surface area contributed by atoms with Crippen LogP contribution in [-0.2, 0) is 4.79 Å². The molecule has 0 saturated carbocycles. The standard InChI is InChI=1S/C17H21F2NO3.ClH/c18-13-4-5-15(19)14(11-13)17(23)12-6-9-20(10-7-12)8-2-1-3-16(21)22;/h4-5,11-12H,1-3,6-10H2,(H,21,22);1H. The van der Waals surface area contributed by atoms with Gasteiger partial charge in [-0.25, -0.2) is 8.78 Å². The number of carbonyl (C=O) groups excluding carboxylic acids is 1. The third-order valence-corrected chi connectivity index (χ3v) is 4.27. The third-order valence-electron chi connectivity index (χ3n) is 4.27. The van der Waals surface area contributed by atoms with E-state index in [0.29, 0.717) is 19.3 Å². The van der Waals surface area contributed by atoms with E-state index >= 15 is 0 Å². The topological polar surface area (TPSA) is 57.6 Å². The van der Waals surface area contributed by atoms with Crippen LogP contribution in [0.3, 0.4) is 0 Å². The normalized spacial score (nSPS) is 15.8. The Bertz CT molecular complexity index is 575. The minimum absolute atomic E-state index is 0. The molecule has 2 rings (SSSR count). The van der Waals surface area contributed by atoms with Crippen LogP contribution in [-0.4, -0.2) is 41.4 Å². The maximum atomic E-state index is 13.7. The fraction of sp³-hybridized carbons (Fsp3) is 0.529. The number of rotatable bonds is 7. The second kappa shape index (κ2) is 9.69. The van der Waals surface area contributed by atoms with Gasteiger partial charge in [0.05, 0.1) is 5.56 Å². The van der Waals surface area contributed by atoms with Crippen molar-refractivity contribution in [3.05, 3.63) is 35.4 Å². The summed E-state index contributed by atoms with van der Waals surface area (Å²) in [6.07, 6.45) is 2.86. The number of carbonyl (C=O) groups is 2. The van der Waals surface area contributed by atoms with E-state index in [1.165, 1.54) is 0 Å². The Morgan fingerprint density at radius 1 is 1.17 bits per heavy atom. The monoisotopic (exact) mass is 361 g/mol. The molecule has 0 radical (unpaired) electrons. The van der Waals surface area contributed by atoms with E-state index in [0.717, 1.165) is 44.3 Å². The van der Waals surface area contributed by atoms with E-state index in [9.17, 15) is 18.4 Å². The van der Waals surface area contributed by atoms with Crippen LogP contribution in [0.1, 0.15) is 42.5 Å². The Morgan fingerprint density at radius 2 is 1.83 bits per heavy atom. The fourth-order valence-electron chi connectivity index (χ4n) is 2.94. The highest BCUT2D eigenvalue weighted by molar-refractivity contribution is 5.98. The lowest BCUT2D eigenvalue weighted by molar-refractivity contribution is -0.137. The van der Waals surface area contributed by atoms with E-state index < -0.39 is 17.6 Å². The number of likely N-dealkylation sites (tertiary alicyclic amines) is 1. The highest BCUT2D eigenvalue weighted by Gasteiger charge is 2.27. The minimum Gasteiger partial charge on any atom is -0.481 e. The molecular formula is C17H22ClF2NO3. The van der Waals surface area contributed by atoms with Crippen LogP contribution in [0.4, 0.5) is 8.78 Å². The predicted molar refractivity (Wildman–Crippen MR) is 88.6 cm³/mol. The Hall–Kier alpha value is -1.53. The van der Waals surface area contributed by atoms with E-state index in [4.69, 9.17) is 5.11 Å². The van der Waals surface area contributed by atoms with E-state index in [-0.39, 0.29) is 36.1 Å². The molecule has 1 aliphatic rings. The van der Waals surface area contributed by atoms with Crippen molar-refractivity contribution < 1.29 is 23.5 Å². The van der Waals surface area contributed by atoms with Gasteiger partial charge in [-0.15, -0.1) is 12.4 Å². The van der Waals surface area contributed by atoms with Crippen molar-refractivity contribution >= 4 is 24.2 Å². The molecule has 7 heteroatoms. The zero-order chi connectivity index (χ0) is 16.8. The molecule has 1 aromatic carbocycles.